The molecule has 1 saturated heterocycles. The van der Waals surface area contributed by atoms with Crippen molar-refractivity contribution < 1.29 is 38.0 Å². The molecule has 1 aliphatic rings. The van der Waals surface area contributed by atoms with Crippen molar-refractivity contribution in [2.24, 2.45) is 0 Å². The molecule has 4 nitrogen and oxygen atoms in total. The number of nitrogens with zero attached hydrogens (tertiary/aromatic N) is 1. The number of hydrogen-bond donors (Lipinski definition) is 1. The maximum Gasteiger partial charge on any atom is 0.248 e. The molecule has 0 aliphatic carbocycles. The lowest BCUT2D eigenvalue weighted by molar-refractivity contribution is -0.929. The van der Waals surface area contributed by atoms with Crippen LogP contribution in [0.25, 0.3) is 6.08 Å². The molecule has 0 radical (unpaired) electrons. The van der Waals surface area contributed by atoms with Crippen LogP contribution in [-0.4, -0.2) is 43.7 Å². The minimum atomic E-state index is -0.129. The van der Waals surface area contributed by atoms with Crippen LogP contribution in [0.15, 0.2) is 59.1 Å². The van der Waals surface area contributed by atoms with Crippen molar-refractivity contribution in [2.45, 2.75) is 25.4 Å². The SMILES string of the molecule is C[N+](C)(Cc1cccc(NC(=O)C=Cc2cccc(Br)c2)c1)C1CCOCC1.[I-]. The van der Waals surface area contributed by atoms with Gasteiger partial charge in [0, 0.05) is 34.6 Å². The van der Waals surface area contributed by atoms with E-state index in [4.69, 9.17) is 4.74 Å². The zero-order valence-corrected chi connectivity index (χ0v) is 20.6. The van der Waals surface area contributed by atoms with Gasteiger partial charge in [-0.15, -0.1) is 0 Å². The largest absolute Gasteiger partial charge is 1.00 e. The van der Waals surface area contributed by atoms with Crippen molar-refractivity contribution in [1.29, 1.82) is 0 Å². The van der Waals surface area contributed by atoms with Gasteiger partial charge in [0.25, 0.3) is 0 Å². The van der Waals surface area contributed by atoms with Crippen LogP contribution in [-0.2, 0) is 16.1 Å². The van der Waals surface area contributed by atoms with Crippen LogP contribution in [0.2, 0.25) is 0 Å². The molecular formula is C23H28BrIN2O2. The molecule has 0 aromatic heterocycles. The lowest BCUT2D eigenvalue weighted by Gasteiger charge is -2.40. The summed E-state index contributed by atoms with van der Waals surface area (Å²) in [4.78, 5) is 12.3. The number of hydrogen-bond acceptors (Lipinski definition) is 2. The molecule has 1 amide bonds. The molecule has 0 atom stereocenters. The van der Waals surface area contributed by atoms with Gasteiger partial charge in [0.05, 0.1) is 33.4 Å². The van der Waals surface area contributed by atoms with Crippen LogP contribution in [0.1, 0.15) is 24.0 Å². The van der Waals surface area contributed by atoms with E-state index < -0.39 is 0 Å². The number of halogens is 2. The van der Waals surface area contributed by atoms with Gasteiger partial charge >= 0.3 is 0 Å². The first-order valence-electron chi connectivity index (χ1n) is 9.66. The van der Waals surface area contributed by atoms with Crippen molar-refractivity contribution >= 4 is 33.6 Å². The summed E-state index contributed by atoms with van der Waals surface area (Å²) in [7, 11) is 4.56. The summed E-state index contributed by atoms with van der Waals surface area (Å²) < 4.78 is 7.43. The van der Waals surface area contributed by atoms with E-state index in [1.54, 1.807) is 6.08 Å². The van der Waals surface area contributed by atoms with Gasteiger partial charge in [0.1, 0.15) is 6.54 Å². The molecule has 1 N–H and O–H groups in total. The van der Waals surface area contributed by atoms with Crippen LogP contribution in [0, 0.1) is 0 Å². The number of anilines is 1. The Morgan fingerprint density at radius 2 is 1.90 bits per heavy atom. The zero-order chi connectivity index (χ0) is 20.0. The monoisotopic (exact) mass is 570 g/mol. The Bertz CT molecular complexity index is 848. The normalized spacial score (nSPS) is 15.1. The number of carbonyl (C=O) groups is 1. The third-order valence-electron chi connectivity index (χ3n) is 5.24. The second-order valence-corrected chi connectivity index (χ2v) is 8.77. The molecule has 6 heteroatoms. The number of carbonyl (C=O) groups excluding carboxylic acids is 1. The van der Waals surface area contributed by atoms with Crippen LogP contribution < -0.4 is 29.3 Å². The fraction of sp³-hybridized carbons (Fsp3) is 0.348. The summed E-state index contributed by atoms with van der Waals surface area (Å²) in [6.07, 6.45) is 5.58. The summed E-state index contributed by atoms with van der Waals surface area (Å²) in [5.41, 5.74) is 3.03. The zero-order valence-electron chi connectivity index (χ0n) is 16.9. The van der Waals surface area contributed by atoms with E-state index in [1.165, 1.54) is 5.56 Å². The molecule has 0 spiro atoms. The standard InChI is InChI=1S/C23H27BrN2O2.HI/c1-26(2,22-11-13-28-14-12-22)17-19-6-4-8-21(16-19)25-23(27)10-9-18-5-3-7-20(24)15-18;/h3-10,15-16,22H,11-14,17H2,1-2H3;1H. The molecule has 2 aromatic rings. The van der Waals surface area contributed by atoms with E-state index in [0.717, 1.165) is 52.8 Å². The van der Waals surface area contributed by atoms with Crippen molar-refractivity contribution in [1.82, 2.24) is 0 Å². The molecular weight excluding hydrogens is 543 g/mol. The molecule has 3 rings (SSSR count). The van der Waals surface area contributed by atoms with Gasteiger partial charge < -0.3 is 38.5 Å². The Balaban J connectivity index is 0.00000300. The van der Waals surface area contributed by atoms with Crippen LogP contribution in [0.3, 0.4) is 0 Å². The highest BCUT2D eigenvalue weighted by Crippen LogP contribution is 2.23. The van der Waals surface area contributed by atoms with Crippen molar-refractivity contribution in [3.05, 3.63) is 70.2 Å². The predicted molar refractivity (Wildman–Crippen MR) is 118 cm³/mol. The summed E-state index contributed by atoms with van der Waals surface area (Å²) in [6.45, 7) is 2.64. The highest BCUT2D eigenvalue weighted by Gasteiger charge is 2.30. The van der Waals surface area contributed by atoms with Gasteiger partial charge in [-0.3, -0.25) is 4.79 Å². The third kappa shape index (κ3) is 7.51. The molecule has 1 heterocycles. The van der Waals surface area contributed by atoms with Crippen LogP contribution in [0.5, 0.6) is 0 Å². The summed E-state index contributed by atoms with van der Waals surface area (Å²) in [5, 5.41) is 2.97. The molecule has 156 valence electrons. The first-order chi connectivity index (χ1) is 13.4. The summed E-state index contributed by atoms with van der Waals surface area (Å²) in [6, 6.07) is 16.6. The van der Waals surface area contributed by atoms with Gasteiger partial charge in [-0.05, 0) is 35.9 Å². The Morgan fingerprint density at radius 1 is 1.17 bits per heavy atom. The molecule has 1 aliphatic heterocycles. The molecule has 2 aromatic carbocycles. The van der Waals surface area contributed by atoms with Crippen molar-refractivity contribution in [3.8, 4) is 0 Å². The average molecular weight is 571 g/mol. The molecule has 1 fully saturated rings. The first-order valence-corrected chi connectivity index (χ1v) is 10.5. The van der Waals surface area contributed by atoms with E-state index in [2.05, 4.69) is 47.5 Å². The topological polar surface area (TPSA) is 38.3 Å². The van der Waals surface area contributed by atoms with E-state index in [-0.39, 0.29) is 29.9 Å². The van der Waals surface area contributed by atoms with Gasteiger partial charge in [-0.25, -0.2) is 0 Å². The van der Waals surface area contributed by atoms with E-state index in [1.807, 2.05) is 42.5 Å². The first kappa shape index (κ1) is 24.1. The number of amides is 1. The number of rotatable bonds is 6. The van der Waals surface area contributed by atoms with Crippen molar-refractivity contribution in [2.75, 3.05) is 32.6 Å². The molecule has 0 saturated carbocycles. The van der Waals surface area contributed by atoms with Crippen LogP contribution >= 0.6 is 15.9 Å². The average Bonchev–Trinajstić information content (AvgIpc) is 2.67. The lowest BCUT2D eigenvalue weighted by Crippen LogP contribution is -3.00. The fourth-order valence-corrected chi connectivity index (χ4v) is 4.11. The summed E-state index contributed by atoms with van der Waals surface area (Å²) >= 11 is 3.44. The second kappa shape index (κ2) is 11.2. The van der Waals surface area contributed by atoms with E-state index in [0.29, 0.717) is 6.04 Å². The maximum atomic E-state index is 12.3. The quantitative estimate of drug-likeness (QED) is 0.327. The number of benzene rings is 2. The van der Waals surface area contributed by atoms with Gasteiger partial charge in [0.2, 0.25) is 5.91 Å². The third-order valence-corrected chi connectivity index (χ3v) is 5.73. The Hall–Kier alpha value is -1.22. The van der Waals surface area contributed by atoms with E-state index in [9.17, 15) is 4.79 Å². The van der Waals surface area contributed by atoms with Gasteiger partial charge in [0.15, 0.2) is 0 Å². The highest BCUT2D eigenvalue weighted by molar-refractivity contribution is 9.10. The minimum Gasteiger partial charge on any atom is -1.00 e. The fourth-order valence-electron chi connectivity index (χ4n) is 3.70. The maximum absolute atomic E-state index is 12.3. The highest BCUT2D eigenvalue weighted by atomic mass is 127. The van der Waals surface area contributed by atoms with Crippen LogP contribution in [0.4, 0.5) is 5.69 Å². The smallest absolute Gasteiger partial charge is 0.248 e. The van der Waals surface area contributed by atoms with Gasteiger partial charge in [-0.1, -0.05) is 40.2 Å². The Labute approximate surface area is 199 Å². The molecule has 0 unspecified atom stereocenters. The number of ether oxygens (including phenoxy) is 1. The molecule has 29 heavy (non-hydrogen) atoms. The predicted octanol–water partition coefficient (Wildman–Crippen LogP) is 1.86. The summed E-state index contributed by atoms with van der Waals surface area (Å²) in [5.74, 6) is -0.129. The number of quaternary nitrogens is 1. The van der Waals surface area contributed by atoms with E-state index >= 15 is 0 Å². The Morgan fingerprint density at radius 3 is 2.62 bits per heavy atom. The minimum absolute atomic E-state index is 0. The Kier molecular flexibility index (Phi) is 9.33. The van der Waals surface area contributed by atoms with Gasteiger partial charge in [-0.2, -0.15) is 0 Å². The molecule has 0 bridgehead atoms. The lowest BCUT2D eigenvalue weighted by atomic mass is 10.0. The second-order valence-electron chi connectivity index (χ2n) is 7.86. The van der Waals surface area contributed by atoms with Crippen molar-refractivity contribution in [3.63, 3.8) is 0 Å². The number of nitrogens with one attached hydrogen (secondary N) is 1.